The van der Waals surface area contributed by atoms with E-state index in [2.05, 4.69) is 19.1 Å². The zero-order valence-electron chi connectivity index (χ0n) is 10.0. The van der Waals surface area contributed by atoms with E-state index in [-0.39, 0.29) is 24.1 Å². The van der Waals surface area contributed by atoms with E-state index in [1.165, 1.54) is 5.56 Å². The fourth-order valence-corrected chi connectivity index (χ4v) is 2.87. The molecule has 17 heavy (non-hydrogen) atoms. The van der Waals surface area contributed by atoms with Crippen LogP contribution in [-0.4, -0.2) is 23.6 Å². The second kappa shape index (κ2) is 4.15. The molecule has 1 aromatic carbocycles. The molecule has 2 aliphatic rings. The molecule has 0 saturated carbocycles. The van der Waals surface area contributed by atoms with Crippen molar-refractivity contribution in [2.24, 2.45) is 5.92 Å². The lowest BCUT2D eigenvalue weighted by molar-refractivity contribution is -0.134. The van der Waals surface area contributed by atoms with Crippen LogP contribution in [0.4, 0.5) is 0 Å². The summed E-state index contributed by atoms with van der Waals surface area (Å²) >= 11 is 0. The summed E-state index contributed by atoms with van der Waals surface area (Å²) in [7, 11) is 0. The summed E-state index contributed by atoms with van der Waals surface area (Å²) in [5.41, 5.74) is 1.18. The minimum atomic E-state index is 0.0117. The van der Waals surface area contributed by atoms with Gasteiger partial charge < -0.3 is 9.64 Å². The van der Waals surface area contributed by atoms with Gasteiger partial charge in [0.15, 0.2) is 0 Å². The Morgan fingerprint density at radius 1 is 1.35 bits per heavy atom. The molecule has 0 spiro atoms. The fourth-order valence-electron chi connectivity index (χ4n) is 2.87. The Kier molecular flexibility index (Phi) is 2.63. The van der Waals surface area contributed by atoms with Crippen molar-refractivity contribution in [2.75, 3.05) is 6.61 Å². The number of ether oxygens (including phenoxy) is 1. The minimum Gasteiger partial charge on any atom is -0.356 e. The molecule has 90 valence electrons. The summed E-state index contributed by atoms with van der Waals surface area (Å²) in [5.74, 6) is 0.426. The SMILES string of the molecule is CCC1CC2OCC(c3ccccc3)N2C1=O. The van der Waals surface area contributed by atoms with Crippen molar-refractivity contribution in [1.82, 2.24) is 4.90 Å². The molecule has 1 amide bonds. The van der Waals surface area contributed by atoms with Crippen molar-refractivity contribution < 1.29 is 9.53 Å². The molecule has 0 radical (unpaired) electrons. The molecule has 0 aromatic heterocycles. The highest BCUT2D eigenvalue weighted by Gasteiger charge is 2.47. The standard InChI is InChI=1S/C14H17NO2/c1-2-10-8-13-15(14(10)16)12(9-17-13)11-6-4-3-5-7-11/h3-7,10,12-13H,2,8-9H2,1H3. The van der Waals surface area contributed by atoms with E-state index in [0.717, 1.165) is 12.8 Å². The summed E-state index contributed by atoms with van der Waals surface area (Å²) in [6.45, 7) is 2.71. The van der Waals surface area contributed by atoms with Crippen LogP contribution >= 0.6 is 0 Å². The second-order valence-corrected chi connectivity index (χ2v) is 4.80. The van der Waals surface area contributed by atoms with Crippen LogP contribution in [0.3, 0.4) is 0 Å². The highest BCUT2D eigenvalue weighted by Crippen LogP contribution is 2.40. The third kappa shape index (κ3) is 1.65. The van der Waals surface area contributed by atoms with Crippen LogP contribution in [0.2, 0.25) is 0 Å². The number of nitrogens with zero attached hydrogens (tertiary/aromatic N) is 1. The van der Waals surface area contributed by atoms with Crippen LogP contribution in [0.1, 0.15) is 31.4 Å². The summed E-state index contributed by atoms with van der Waals surface area (Å²) in [5, 5.41) is 0. The molecular formula is C14H17NO2. The van der Waals surface area contributed by atoms with Gasteiger partial charge in [-0.1, -0.05) is 37.3 Å². The van der Waals surface area contributed by atoms with E-state index in [9.17, 15) is 4.79 Å². The first-order chi connectivity index (χ1) is 8.31. The molecule has 0 N–H and O–H groups in total. The van der Waals surface area contributed by atoms with Crippen molar-refractivity contribution in [2.45, 2.75) is 32.0 Å². The van der Waals surface area contributed by atoms with Crippen molar-refractivity contribution in [3.05, 3.63) is 35.9 Å². The smallest absolute Gasteiger partial charge is 0.228 e. The maximum absolute atomic E-state index is 12.2. The summed E-state index contributed by atoms with van der Waals surface area (Å²) in [6.07, 6.45) is 1.78. The molecule has 1 aromatic rings. The molecule has 3 atom stereocenters. The molecule has 2 saturated heterocycles. The van der Waals surface area contributed by atoms with Crippen LogP contribution in [-0.2, 0) is 9.53 Å². The minimum absolute atomic E-state index is 0.0117. The Morgan fingerprint density at radius 2 is 2.12 bits per heavy atom. The number of rotatable bonds is 2. The quantitative estimate of drug-likeness (QED) is 0.782. The number of amides is 1. The normalized spacial score (nSPS) is 31.9. The van der Waals surface area contributed by atoms with Crippen molar-refractivity contribution in [3.8, 4) is 0 Å². The van der Waals surface area contributed by atoms with Gasteiger partial charge in [-0.25, -0.2) is 0 Å². The van der Waals surface area contributed by atoms with Crippen LogP contribution < -0.4 is 0 Å². The van der Waals surface area contributed by atoms with Crippen LogP contribution in [0.25, 0.3) is 0 Å². The van der Waals surface area contributed by atoms with Crippen molar-refractivity contribution in [1.29, 1.82) is 0 Å². The molecule has 2 fully saturated rings. The Labute approximate surface area is 101 Å². The number of hydrogen-bond donors (Lipinski definition) is 0. The van der Waals surface area contributed by atoms with Gasteiger partial charge in [-0.3, -0.25) is 4.79 Å². The number of carbonyl (C=O) groups excluding carboxylic acids is 1. The number of hydrogen-bond acceptors (Lipinski definition) is 2. The Bertz CT molecular complexity index is 417. The Hall–Kier alpha value is -1.35. The van der Waals surface area contributed by atoms with Crippen LogP contribution in [0.15, 0.2) is 30.3 Å². The Morgan fingerprint density at radius 3 is 2.82 bits per heavy atom. The molecule has 3 rings (SSSR count). The highest BCUT2D eigenvalue weighted by molar-refractivity contribution is 5.82. The van der Waals surface area contributed by atoms with Gasteiger partial charge in [0.25, 0.3) is 0 Å². The van der Waals surface area contributed by atoms with E-state index < -0.39 is 0 Å². The monoisotopic (exact) mass is 231 g/mol. The van der Waals surface area contributed by atoms with Gasteiger partial charge in [0.05, 0.1) is 12.6 Å². The van der Waals surface area contributed by atoms with Gasteiger partial charge in [-0.15, -0.1) is 0 Å². The molecule has 3 nitrogen and oxygen atoms in total. The van der Waals surface area contributed by atoms with Gasteiger partial charge in [0.1, 0.15) is 6.23 Å². The number of fused-ring (bicyclic) bond motifs is 1. The van der Waals surface area contributed by atoms with E-state index in [0.29, 0.717) is 6.61 Å². The molecule has 0 aliphatic carbocycles. The van der Waals surface area contributed by atoms with Gasteiger partial charge >= 0.3 is 0 Å². The highest BCUT2D eigenvalue weighted by atomic mass is 16.5. The molecule has 2 heterocycles. The zero-order chi connectivity index (χ0) is 11.8. The van der Waals surface area contributed by atoms with Gasteiger partial charge in [-0.2, -0.15) is 0 Å². The Balaban J connectivity index is 1.87. The zero-order valence-corrected chi connectivity index (χ0v) is 10.0. The van der Waals surface area contributed by atoms with Crippen LogP contribution in [0.5, 0.6) is 0 Å². The fraction of sp³-hybridized carbons (Fsp3) is 0.500. The van der Waals surface area contributed by atoms with Gasteiger partial charge in [0.2, 0.25) is 5.91 Å². The van der Waals surface area contributed by atoms with Crippen molar-refractivity contribution >= 4 is 5.91 Å². The lowest BCUT2D eigenvalue weighted by Crippen LogP contribution is -2.32. The maximum atomic E-state index is 12.2. The first-order valence-electron chi connectivity index (χ1n) is 6.30. The first-order valence-corrected chi connectivity index (χ1v) is 6.30. The molecular weight excluding hydrogens is 214 g/mol. The maximum Gasteiger partial charge on any atom is 0.228 e. The van der Waals surface area contributed by atoms with E-state index in [1.54, 1.807) is 0 Å². The molecule has 2 aliphatic heterocycles. The third-order valence-electron chi connectivity index (χ3n) is 3.86. The summed E-state index contributed by atoms with van der Waals surface area (Å²) < 4.78 is 5.75. The second-order valence-electron chi connectivity index (χ2n) is 4.80. The first kappa shape index (κ1) is 10.8. The largest absolute Gasteiger partial charge is 0.356 e. The van der Waals surface area contributed by atoms with E-state index in [4.69, 9.17) is 4.74 Å². The van der Waals surface area contributed by atoms with Crippen molar-refractivity contribution in [3.63, 3.8) is 0 Å². The average Bonchev–Trinajstić information content (AvgIpc) is 2.91. The van der Waals surface area contributed by atoms with Gasteiger partial charge in [0, 0.05) is 12.3 Å². The van der Waals surface area contributed by atoms with Crippen LogP contribution in [0, 0.1) is 5.92 Å². The predicted molar refractivity (Wildman–Crippen MR) is 64.2 cm³/mol. The molecule has 0 bridgehead atoms. The third-order valence-corrected chi connectivity index (χ3v) is 3.86. The van der Waals surface area contributed by atoms with E-state index in [1.807, 2.05) is 23.1 Å². The van der Waals surface area contributed by atoms with Gasteiger partial charge in [-0.05, 0) is 12.0 Å². The lowest BCUT2D eigenvalue weighted by atomic mass is 10.0. The number of benzene rings is 1. The topological polar surface area (TPSA) is 29.5 Å². The summed E-state index contributed by atoms with van der Waals surface area (Å²) in [4.78, 5) is 14.2. The lowest BCUT2D eigenvalue weighted by Gasteiger charge is -2.22. The number of carbonyl (C=O) groups is 1. The average molecular weight is 231 g/mol. The van der Waals surface area contributed by atoms with E-state index >= 15 is 0 Å². The predicted octanol–water partition coefficient (Wildman–Crippen LogP) is 2.34. The summed E-state index contributed by atoms with van der Waals surface area (Å²) in [6, 6.07) is 10.3. The molecule has 3 unspecified atom stereocenters. The molecule has 3 heteroatoms.